The number of benzene rings is 4. The van der Waals surface area contributed by atoms with Crippen LogP contribution in [0.25, 0.3) is 0 Å². The maximum absolute atomic E-state index is 13.2. The van der Waals surface area contributed by atoms with E-state index in [0.717, 1.165) is 17.5 Å². The molecule has 5 nitrogen and oxygen atoms in total. The van der Waals surface area contributed by atoms with E-state index < -0.39 is 18.1 Å². The maximum Gasteiger partial charge on any atom is 0.174 e. The van der Waals surface area contributed by atoms with Crippen LogP contribution in [-0.4, -0.2) is 27.2 Å². The van der Waals surface area contributed by atoms with Gasteiger partial charge in [-0.15, -0.1) is 0 Å². The minimum Gasteiger partial charge on any atom is -0.507 e. The van der Waals surface area contributed by atoms with E-state index in [2.05, 4.69) is 0 Å². The molecule has 198 valence electrons. The largest absolute Gasteiger partial charge is 0.507 e. The molecular weight excluding hydrogens is 488 g/mol. The van der Waals surface area contributed by atoms with Crippen molar-refractivity contribution in [3.63, 3.8) is 0 Å². The second-order valence-corrected chi connectivity index (χ2v) is 9.91. The fraction of sp³-hybridized carbons (Fsp3) is 0.206. The summed E-state index contributed by atoms with van der Waals surface area (Å²) in [5.74, 6) is -1.03. The number of phenolic OH excluding ortho intramolecular Hbond substituents is 2. The van der Waals surface area contributed by atoms with Gasteiger partial charge in [0.25, 0.3) is 0 Å². The van der Waals surface area contributed by atoms with Gasteiger partial charge >= 0.3 is 0 Å². The number of ketones is 1. The highest BCUT2D eigenvalue weighted by atomic mass is 16.5. The predicted octanol–water partition coefficient (Wildman–Crippen LogP) is 6.88. The SMILES string of the molecule is O=C1C[C@H](c2ccccc2)Oc2cc(O)c([C@@H](/C=C/C[C@@H](O)CCc3ccccc3)c3ccccc3)c(O)c21. The Morgan fingerprint density at radius 2 is 1.54 bits per heavy atom. The highest BCUT2D eigenvalue weighted by Gasteiger charge is 2.34. The molecule has 0 bridgehead atoms. The normalized spacial score (nSPS) is 16.4. The Balaban J connectivity index is 1.41. The molecule has 3 atom stereocenters. The molecule has 0 unspecified atom stereocenters. The van der Waals surface area contributed by atoms with Gasteiger partial charge in [0.2, 0.25) is 0 Å². The summed E-state index contributed by atoms with van der Waals surface area (Å²) in [6, 6.07) is 30.4. The van der Waals surface area contributed by atoms with Crippen LogP contribution in [0.4, 0.5) is 0 Å². The Morgan fingerprint density at radius 1 is 0.897 bits per heavy atom. The fourth-order valence-electron chi connectivity index (χ4n) is 5.14. The van der Waals surface area contributed by atoms with Crippen molar-refractivity contribution < 1.29 is 24.9 Å². The van der Waals surface area contributed by atoms with E-state index in [1.807, 2.05) is 103 Å². The highest BCUT2D eigenvalue weighted by Crippen LogP contribution is 2.48. The number of aliphatic hydroxyl groups excluding tert-OH is 1. The second-order valence-electron chi connectivity index (χ2n) is 9.91. The number of phenols is 2. The summed E-state index contributed by atoms with van der Waals surface area (Å²) in [6.07, 6.45) is 4.62. The predicted molar refractivity (Wildman–Crippen MR) is 151 cm³/mol. The lowest BCUT2D eigenvalue weighted by Crippen LogP contribution is -2.21. The van der Waals surface area contributed by atoms with Gasteiger partial charge < -0.3 is 20.1 Å². The number of aliphatic hydroxyl groups is 1. The molecule has 4 aromatic carbocycles. The molecule has 5 heteroatoms. The van der Waals surface area contributed by atoms with Crippen molar-refractivity contribution in [2.75, 3.05) is 0 Å². The van der Waals surface area contributed by atoms with Crippen LogP contribution < -0.4 is 4.74 Å². The van der Waals surface area contributed by atoms with Crippen molar-refractivity contribution in [2.24, 2.45) is 0 Å². The van der Waals surface area contributed by atoms with Crippen LogP contribution in [0.3, 0.4) is 0 Å². The molecule has 39 heavy (non-hydrogen) atoms. The molecule has 0 amide bonds. The lowest BCUT2D eigenvalue weighted by Gasteiger charge is -2.28. The van der Waals surface area contributed by atoms with Gasteiger partial charge in [0.15, 0.2) is 5.78 Å². The van der Waals surface area contributed by atoms with Gasteiger partial charge in [-0.05, 0) is 36.0 Å². The molecule has 1 aliphatic rings. The van der Waals surface area contributed by atoms with Crippen LogP contribution in [0, 0.1) is 0 Å². The number of carbonyl (C=O) groups excluding carboxylic acids is 1. The van der Waals surface area contributed by atoms with E-state index in [1.165, 1.54) is 11.6 Å². The van der Waals surface area contributed by atoms with Gasteiger partial charge in [-0.3, -0.25) is 4.79 Å². The maximum atomic E-state index is 13.2. The van der Waals surface area contributed by atoms with Crippen molar-refractivity contribution in [3.8, 4) is 17.2 Å². The number of allylic oxidation sites excluding steroid dienone is 1. The fourth-order valence-corrected chi connectivity index (χ4v) is 5.14. The molecule has 5 rings (SSSR count). The molecule has 1 heterocycles. The van der Waals surface area contributed by atoms with E-state index in [-0.39, 0.29) is 40.6 Å². The second kappa shape index (κ2) is 12.0. The average molecular weight is 521 g/mol. The molecule has 0 radical (unpaired) electrons. The van der Waals surface area contributed by atoms with Crippen LogP contribution >= 0.6 is 0 Å². The molecule has 4 aromatic rings. The van der Waals surface area contributed by atoms with Gasteiger partial charge in [0, 0.05) is 17.5 Å². The van der Waals surface area contributed by atoms with Gasteiger partial charge in [-0.2, -0.15) is 0 Å². The van der Waals surface area contributed by atoms with Gasteiger partial charge in [0.05, 0.1) is 12.5 Å². The van der Waals surface area contributed by atoms with Gasteiger partial charge in [0.1, 0.15) is 28.9 Å². The molecule has 0 fully saturated rings. The zero-order chi connectivity index (χ0) is 27.2. The molecule has 0 saturated carbocycles. The summed E-state index contributed by atoms with van der Waals surface area (Å²) >= 11 is 0. The van der Waals surface area contributed by atoms with Crippen molar-refractivity contribution in [1.82, 2.24) is 0 Å². The lowest BCUT2D eigenvalue weighted by atomic mass is 9.85. The average Bonchev–Trinajstić information content (AvgIpc) is 2.96. The first-order chi connectivity index (χ1) is 19.0. The number of hydrogen-bond acceptors (Lipinski definition) is 5. The number of aryl methyl sites for hydroxylation is 1. The first-order valence-electron chi connectivity index (χ1n) is 13.3. The summed E-state index contributed by atoms with van der Waals surface area (Å²) in [7, 11) is 0. The number of fused-ring (bicyclic) bond motifs is 1. The van der Waals surface area contributed by atoms with Crippen LogP contribution in [0.1, 0.15) is 63.9 Å². The zero-order valence-corrected chi connectivity index (χ0v) is 21.6. The van der Waals surface area contributed by atoms with E-state index >= 15 is 0 Å². The van der Waals surface area contributed by atoms with Crippen LogP contribution in [0.2, 0.25) is 0 Å². The number of carbonyl (C=O) groups is 1. The van der Waals surface area contributed by atoms with E-state index in [4.69, 9.17) is 4.74 Å². The molecule has 3 N–H and O–H groups in total. The molecule has 0 saturated heterocycles. The topological polar surface area (TPSA) is 87.0 Å². The Bertz CT molecular complexity index is 1430. The highest BCUT2D eigenvalue weighted by molar-refractivity contribution is 6.03. The Hall–Kier alpha value is -4.35. The summed E-state index contributed by atoms with van der Waals surface area (Å²) in [5, 5.41) is 33.0. The van der Waals surface area contributed by atoms with Crippen LogP contribution in [0.15, 0.2) is 109 Å². The summed E-state index contributed by atoms with van der Waals surface area (Å²) < 4.78 is 6.07. The smallest absolute Gasteiger partial charge is 0.174 e. The molecule has 1 aliphatic heterocycles. The monoisotopic (exact) mass is 520 g/mol. The molecule has 0 aromatic heterocycles. The number of ether oxygens (including phenoxy) is 1. The van der Waals surface area contributed by atoms with Gasteiger partial charge in [-0.1, -0.05) is 103 Å². The quantitative estimate of drug-likeness (QED) is 0.210. The summed E-state index contributed by atoms with van der Waals surface area (Å²) in [4.78, 5) is 13.2. The van der Waals surface area contributed by atoms with Crippen LogP contribution in [0.5, 0.6) is 17.2 Å². The standard InChI is InChI=1S/C34H32O5/c35-26(20-19-23-11-4-1-5-12-23)17-10-18-27(24-13-6-2-7-14-24)32-28(36)22-31-33(34(32)38)29(37)21-30(39-31)25-15-8-3-9-16-25/h1-16,18,22,26-27,30,35-36,38H,17,19-21H2/b18-10+/t26-,27+,30-/m1/s1. The Kier molecular flexibility index (Phi) is 8.09. The van der Waals surface area contributed by atoms with E-state index in [9.17, 15) is 20.1 Å². The summed E-state index contributed by atoms with van der Waals surface area (Å²) in [5.41, 5.74) is 3.20. The molecule has 0 aliphatic carbocycles. The van der Waals surface area contributed by atoms with Crippen LogP contribution in [-0.2, 0) is 6.42 Å². The Morgan fingerprint density at radius 3 is 2.23 bits per heavy atom. The minimum absolute atomic E-state index is 0.0900. The minimum atomic E-state index is -0.534. The van der Waals surface area contributed by atoms with Gasteiger partial charge in [-0.25, -0.2) is 0 Å². The third kappa shape index (κ3) is 6.05. The molecular formula is C34H32O5. The lowest BCUT2D eigenvalue weighted by molar-refractivity contribution is 0.0844. The van der Waals surface area contributed by atoms with Crippen molar-refractivity contribution in [2.45, 2.75) is 43.8 Å². The third-order valence-electron chi connectivity index (χ3n) is 7.19. The van der Waals surface area contributed by atoms with E-state index in [1.54, 1.807) is 0 Å². The van der Waals surface area contributed by atoms with Crippen molar-refractivity contribution in [1.29, 1.82) is 0 Å². The summed E-state index contributed by atoms with van der Waals surface area (Å²) in [6.45, 7) is 0. The number of Topliss-reactive ketones (excluding diaryl/α,β-unsaturated/α-hetero) is 1. The third-order valence-corrected chi connectivity index (χ3v) is 7.19. The van der Waals surface area contributed by atoms with Crippen molar-refractivity contribution >= 4 is 5.78 Å². The number of aromatic hydroxyl groups is 2. The Labute approximate surface area is 228 Å². The van der Waals surface area contributed by atoms with Crippen molar-refractivity contribution in [3.05, 3.63) is 137 Å². The first-order valence-corrected chi connectivity index (χ1v) is 13.3. The van der Waals surface area contributed by atoms with E-state index in [0.29, 0.717) is 12.8 Å². The molecule has 0 spiro atoms. The first kappa shape index (κ1) is 26.3. The number of hydrogen-bond donors (Lipinski definition) is 3. The zero-order valence-electron chi connectivity index (χ0n) is 21.6. The number of rotatable bonds is 9.